The SMILES string of the molecule is N#Cc1cn(CO)cc1-c1cccc(Cl)c1Cl. The van der Waals surface area contributed by atoms with E-state index in [2.05, 4.69) is 6.07 Å². The van der Waals surface area contributed by atoms with Gasteiger partial charge in [-0.05, 0) is 6.07 Å². The first-order chi connectivity index (χ1) is 8.17. The van der Waals surface area contributed by atoms with Gasteiger partial charge >= 0.3 is 0 Å². The lowest BCUT2D eigenvalue weighted by atomic mass is 10.1. The van der Waals surface area contributed by atoms with Gasteiger partial charge in [-0.25, -0.2) is 0 Å². The van der Waals surface area contributed by atoms with Gasteiger partial charge in [0.05, 0.1) is 15.6 Å². The second kappa shape index (κ2) is 4.80. The summed E-state index contributed by atoms with van der Waals surface area (Å²) < 4.78 is 1.51. The number of halogens is 2. The topological polar surface area (TPSA) is 49.0 Å². The van der Waals surface area contributed by atoms with E-state index in [-0.39, 0.29) is 6.73 Å². The monoisotopic (exact) mass is 266 g/mol. The van der Waals surface area contributed by atoms with Gasteiger partial charge in [0, 0.05) is 23.5 Å². The van der Waals surface area contributed by atoms with Gasteiger partial charge in [-0.1, -0.05) is 35.3 Å². The summed E-state index contributed by atoms with van der Waals surface area (Å²) in [6.07, 6.45) is 3.22. The summed E-state index contributed by atoms with van der Waals surface area (Å²) in [6.45, 7) is -0.188. The second-order valence-electron chi connectivity index (χ2n) is 3.45. The van der Waals surface area contributed by atoms with E-state index >= 15 is 0 Å². The second-order valence-corrected chi connectivity index (χ2v) is 4.24. The molecule has 0 radical (unpaired) electrons. The molecule has 0 aliphatic rings. The van der Waals surface area contributed by atoms with Crippen LogP contribution in [-0.4, -0.2) is 9.67 Å². The minimum absolute atomic E-state index is 0.188. The molecule has 0 saturated heterocycles. The van der Waals surface area contributed by atoms with Gasteiger partial charge < -0.3 is 9.67 Å². The van der Waals surface area contributed by atoms with Crippen LogP contribution in [0.4, 0.5) is 0 Å². The third-order valence-electron chi connectivity index (χ3n) is 2.41. The molecule has 3 nitrogen and oxygen atoms in total. The molecule has 1 aromatic heterocycles. The molecule has 5 heteroatoms. The molecule has 2 rings (SSSR count). The highest BCUT2D eigenvalue weighted by molar-refractivity contribution is 6.43. The summed E-state index contributed by atoms with van der Waals surface area (Å²) >= 11 is 12.0. The number of hydrogen-bond acceptors (Lipinski definition) is 2. The normalized spacial score (nSPS) is 10.2. The van der Waals surface area contributed by atoms with Gasteiger partial charge in [0.25, 0.3) is 0 Å². The van der Waals surface area contributed by atoms with Crippen LogP contribution < -0.4 is 0 Å². The fourth-order valence-electron chi connectivity index (χ4n) is 1.61. The Kier molecular flexibility index (Phi) is 3.39. The number of rotatable bonds is 2. The number of aliphatic hydroxyl groups is 1. The number of benzene rings is 1. The average molecular weight is 267 g/mol. The van der Waals surface area contributed by atoms with Crippen LogP contribution in [0.15, 0.2) is 30.6 Å². The molecule has 0 saturated carbocycles. The fourth-order valence-corrected chi connectivity index (χ4v) is 2.01. The maximum absolute atomic E-state index is 9.04. The molecule has 1 N–H and O–H groups in total. The van der Waals surface area contributed by atoms with Gasteiger partial charge in [-0.15, -0.1) is 0 Å². The van der Waals surface area contributed by atoms with Gasteiger partial charge in [0.15, 0.2) is 0 Å². The van der Waals surface area contributed by atoms with Crippen molar-refractivity contribution in [3.05, 3.63) is 46.2 Å². The highest BCUT2D eigenvalue weighted by Gasteiger charge is 2.13. The predicted molar refractivity (Wildman–Crippen MR) is 66.8 cm³/mol. The summed E-state index contributed by atoms with van der Waals surface area (Å²) in [5, 5.41) is 18.9. The van der Waals surface area contributed by atoms with E-state index in [1.54, 1.807) is 30.6 Å². The minimum atomic E-state index is -0.188. The molecule has 0 spiro atoms. The van der Waals surface area contributed by atoms with Crippen molar-refractivity contribution in [2.24, 2.45) is 0 Å². The summed E-state index contributed by atoms with van der Waals surface area (Å²) in [5.41, 5.74) is 1.79. The Balaban J connectivity index is 2.64. The van der Waals surface area contributed by atoms with E-state index < -0.39 is 0 Å². The van der Waals surface area contributed by atoms with Crippen LogP contribution in [0.2, 0.25) is 10.0 Å². The summed E-state index contributed by atoms with van der Waals surface area (Å²) in [6, 6.07) is 7.29. The van der Waals surface area contributed by atoms with Gasteiger partial charge in [-0.3, -0.25) is 0 Å². The zero-order valence-corrected chi connectivity index (χ0v) is 10.2. The summed E-state index contributed by atoms with van der Waals surface area (Å²) in [4.78, 5) is 0. The molecule has 0 unspecified atom stereocenters. The van der Waals surface area contributed by atoms with Gasteiger partial charge in [0.1, 0.15) is 12.8 Å². The molecule has 2 aromatic rings. The lowest BCUT2D eigenvalue weighted by Crippen LogP contribution is -1.90. The predicted octanol–water partition coefficient (Wildman–Crippen LogP) is 3.28. The molecular formula is C12H8Cl2N2O. The van der Waals surface area contributed by atoms with Crippen LogP contribution >= 0.6 is 23.2 Å². The molecule has 17 heavy (non-hydrogen) atoms. The molecule has 0 amide bonds. The van der Waals surface area contributed by atoms with Crippen LogP contribution in [-0.2, 0) is 6.73 Å². The molecule has 86 valence electrons. The quantitative estimate of drug-likeness (QED) is 0.907. The van der Waals surface area contributed by atoms with E-state index in [0.29, 0.717) is 26.7 Å². The van der Waals surface area contributed by atoms with Gasteiger partial charge in [-0.2, -0.15) is 5.26 Å². The number of hydrogen-bond donors (Lipinski definition) is 1. The summed E-state index contributed by atoms with van der Waals surface area (Å²) in [7, 11) is 0. The maximum Gasteiger partial charge on any atom is 0.119 e. The number of nitriles is 1. The standard InChI is InChI=1S/C12H8Cl2N2O/c13-11-3-1-2-9(12(11)14)10-6-16(7-17)5-8(10)4-15/h1-3,5-6,17H,7H2. The molecule has 0 aliphatic carbocycles. The van der Waals surface area contributed by atoms with Crippen molar-refractivity contribution in [1.82, 2.24) is 4.57 Å². The van der Waals surface area contributed by atoms with Crippen molar-refractivity contribution in [3.8, 4) is 17.2 Å². The van der Waals surface area contributed by atoms with Gasteiger partial charge in [0.2, 0.25) is 0 Å². The molecule has 1 heterocycles. The average Bonchev–Trinajstić information content (AvgIpc) is 2.76. The van der Waals surface area contributed by atoms with Crippen LogP contribution in [0, 0.1) is 11.3 Å². The molecular weight excluding hydrogens is 259 g/mol. The Labute approximate surface area is 108 Å². The third-order valence-corrected chi connectivity index (χ3v) is 3.22. The Bertz CT molecular complexity index is 599. The molecule has 0 atom stereocenters. The first kappa shape index (κ1) is 12.0. The van der Waals surface area contributed by atoms with E-state index in [1.165, 1.54) is 4.57 Å². The third kappa shape index (κ3) is 2.16. The number of aromatic nitrogens is 1. The highest BCUT2D eigenvalue weighted by Crippen LogP contribution is 2.35. The van der Waals surface area contributed by atoms with Crippen molar-refractivity contribution in [2.75, 3.05) is 0 Å². The van der Waals surface area contributed by atoms with Crippen molar-refractivity contribution in [3.63, 3.8) is 0 Å². The van der Waals surface area contributed by atoms with Crippen molar-refractivity contribution in [2.45, 2.75) is 6.73 Å². The zero-order chi connectivity index (χ0) is 12.4. The van der Waals surface area contributed by atoms with E-state index in [9.17, 15) is 0 Å². The van der Waals surface area contributed by atoms with Crippen molar-refractivity contribution < 1.29 is 5.11 Å². The highest BCUT2D eigenvalue weighted by atomic mass is 35.5. The van der Waals surface area contributed by atoms with Crippen LogP contribution in [0.25, 0.3) is 11.1 Å². The maximum atomic E-state index is 9.04. The van der Waals surface area contributed by atoms with Crippen LogP contribution in [0.3, 0.4) is 0 Å². The summed E-state index contributed by atoms with van der Waals surface area (Å²) in [5.74, 6) is 0. The zero-order valence-electron chi connectivity index (χ0n) is 8.69. The minimum Gasteiger partial charge on any atom is -0.376 e. The van der Waals surface area contributed by atoms with Crippen molar-refractivity contribution in [1.29, 1.82) is 5.26 Å². The molecule has 1 aromatic carbocycles. The molecule has 0 fully saturated rings. The Hall–Kier alpha value is -1.47. The van der Waals surface area contributed by atoms with E-state index in [0.717, 1.165) is 0 Å². The lowest BCUT2D eigenvalue weighted by molar-refractivity contribution is 0.211. The number of nitrogens with zero attached hydrogens (tertiary/aromatic N) is 2. The first-order valence-corrected chi connectivity index (χ1v) is 5.58. The van der Waals surface area contributed by atoms with Crippen molar-refractivity contribution >= 4 is 23.2 Å². The smallest absolute Gasteiger partial charge is 0.119 e. The lowest BCUT2D eigenvalue weighted by Gasteiger charge is -2.03. The Morgan fingerprint density at radius 1 is 1.24 bits per heavy atom. The molecule has 0 bridgehead atoms. The van der Waals surface area contributed by atoms with Crippen LogP contribution in [0.5, 0.6) is 0 Å². The fraction of sp³-hybridized carbons (Fsp3) is 0.0833. The Morgan fingerprint density at radius 3 is 2.65 bits per heavy atom. The van der Waals surface area contributed by atoms with E-state index in [1.807, 2.05) is 0 Å². The number of aliphatic hydroxyl groups excluding tert-OH is 1. The first-order valence-electron chi connectivity index (χ1n) is 4.82. The molecule has 0 aliphatic heterocycles. The Morgan fingerprint density at radius 2 is 2.00 bits per heavy atom. The van der Waals surface area contributed by atoms with E-state index in [4.69, 9.17) is 33.6 Å². The largest absolute Gasteiger partial charge is 0.376 e. The van der Waals surface area contributed by atoms with Crippen LogP contribution in [0.1, 0.15) is 5.56 Å².